The maximum Gasteiger partial charge on any atom is 0.252 e. The molecule has 1 aromatic carbocycles. The van der Waals surface area contributed by atoms with Crippen LogP contribution >= 0.6 is 0 Å². The number of methoxy groups -OCH3 is 2. The number of hydrogen-bond donors (Lipinski definition) is 0. The molecule has 0 radical (unpaired) electrons. The number of ether oxygens (including phenoxy) is 2. The van der Waals surface area contributed by atoms with E-state index in [1.165, 1.54) is 12.8 Å². The molecule has 1 atom stereocenters. The van der Waals surface area contributed by atoms with Gasteiger partial charge in [0.1, 0.15) is 0 Å². The second kappa shape index (κ2) is 7.06. The van der Waals surface area contributed by atoms with E-state index in [1.807, 2.05) is 38.1 Å². The van der Waals surface area contributed by atoms with Crippen LogP contribution in [0.2, 0.25) is 0 Å². The van der Waals surface area contributed by atoms with Gasteiger partial charge >= 0.3 is 0 Å². The van der Waals surface area contributed by atoms with Crippen molar-refractivity contribution in [2.75, 3.05) is 14.2 Å². The van der Waals surface area contributed by atoms with Crippen LogP contribution in [0.5, 0.6) is 11.5 Å². The topological polar surface area (TPSA) is 40.5 Å². The summed E-state index contributed by atoms with van der Waals surface area (Å²) in [5.41, 5.74) is 2.64. The van der Waals surface area contributed by atoms with Gasteiger partial charge in [-0.05, 0) is 50.5 Å². The highest BCUT2D eigenvalue weighted by atomic mass is 16.5. The van der Waals surface area contributed by atoms with Crippen molar-refractivity contribution in [3.63, 3.8) is 0 Å². The second-order valence-corrected chi connectivity index (χ2v) is 6.43. The van der Waals surface area contributed by atoms with Crippen molar-refractivity contribution in [1.29, 1.82) is 0 Å². The zero-order chi connectivity index (χ0) is 18.0. The molecule has 130 valence electrons. The molecule has 4 nitrogen and oxygen atoms in total. The third kappa shape index (κ3) is 3.71. The van der Waals surface area contributed by atoms with Crippen LogP contribution in [0.1, 0.15) is 42.6 Å². The van der Waals surface area contributed by atoms with Gasteiger partial charge in [0.2, 0.25) is 0 Å². The predicted molar refractivity (Wildman–Crippen MR) is 98.4 cm³/mol. The lowest BCUT2D eigenvalue weighted by atomic mass is 10.1. The third-order valence-electron chi connectivity index (χ3n) is 4.54. The van der Waals surface area contributed by atoms with E-state index in [4.69, 9.17) is 9.47 Å². The van der Waals surface area contributed by atoms with Crippen molar-refractivity contribution in [1.82, 2.24) is 4.57 Å². The smallest absolute Gasteiger partial charge is 0.252 e. The Morgan fingerprint density at radius 3 is 2.44 bits per heavy atom. The van der Waals surface area contributed by atoms with Crippen LogP contribution in [-0.4, -0.2) is 18.8 Å². The number of nitrogens with zero attached hydrogens (tertiary/aromatic N) is 1. The highest BCUT2D eigenvalue weighted by molar-refractivity contribution is 5.44. The van der Waals surface area contributed by atoms with E-state index in [1.54, 1.807) is 24.9 Å². The van der Waals surface area contributed by atoms with Gasteiger partial charge in [0.15, 0.2) is 11.5 Å². The SMILES string of the molecule is COc1ccc(C(C)n2c(C)cc(C#CC3CC3)cc2=O)cc1OC. The minimum atomic E-state index is -0.113. The number of hydrogen-bond acceptors (Lipinski definition) is 3. The summed E-state index contributed by atoms with van der Waals surface area (Å²) in [7, 11) is 3.22. The monoisotopic (exact) mass is 337 g/mol. The lowest BCUT2D eigenvalue weighted by Gasteiger charge is -2.20. The van der Waals surface area contributed by atoms with E-state index < -0.39 is 0 Å². The van der Waals surface area contributed by atoms with Crippen molar-refractivity contribution in [2.24, 2.45) is 5.92 Å². The highest BCUT2D eigenvalue weighted by Gasteiger charge is 2.18. The van der Waals surface area contributed by atoms with Crippen molar-refractivity contribution in [3.05, 3.63) is 57.5 Å². The van der Waals surface area contributed by atoms with Gasteiger partial charge in [-0.3, -0.25) is 4.79 Å². The largest absolute Gasteiger partial charge is 0.493 e. The first-order valence-electron chi connectivity index (χ1n) is 8.50. The first-order valence-corrected chi connectivity index (χ1v) is 8.50. The Morgan fingerprint density at radius 2 is 1.84 bits per heavy atom. The van der Waals surface area contributed by atoms with Gasteiger partial charge in [0.25, 0.3) is 5.56 Å². The molecule has 0 amide bonds. The zero-order valence-corrected chi connectivity index (χ0v) is 15.1. The maximum absolute atomic E-state index is 12.7. The summed E-state index contributed by atoms with van der Waals surface area (Å²) in [6.45, 7) is 3.95. The number of pyridine rings is 1. The van der Waals surface area contributed by atoms with Gasteiger partial charge in [-0.2, -0.15) is 0 Å². The molecule has 1 saturated carbocycles. The normalized spacial score (nSPS) is 14.4. The van der Waals surface area contributed by atoms with E-state index in [-0.39, 0.29) is 11.6 Å². The second-order valence-electron chi connectivity index (χ2n) is 6.43. The molecular formula is C21H23NO3. The van der Waals surface area contributed by atoms with Crippen LogP contribution in [0.15, 0.2) is 35.1 Å². The van der Waals surface area contributed by atoms with Gasteiger partial charge in [0.05, 0.1) is 20.3 Å². The Kier molecular flexibility index (Phi) is 4.85. The molecule has 1 aromatic heterocycles. The third-order valence-corrected chi connectivity index (χ3v) is 4.54. The first kappa shape index (κ1) is 17.2. The molecule has 4 heteroatoms. The molecule has 0 spiro atoms. The molecule has 1 aliphatic carbocycles. The number of benzene rings is 1. The molecule has 2 aromatic rings. The van der Waals surface area contributed by atoms with Gasteiger partial charge in [-0.15, -0.1) is 0 Å². The van der Waals surface area contributed by atoms with Gasteiger partial charge < -0.3 is 14.0 Å². The van der Waals surface area contributed by atoms with Crippen LogP contribution in [0.3, 0.4) is 0 Å². The Morgan fingerprint density at radius 1 is 1.12 bits per heavy atom. The van der Waals surface area contributed by atoms with E-state index >= 15 is 0 Å². The van der Waals surface area contributed by atoms with Crippen molar-refractivity contribution in [3.8, 4) is 23.3 Å². The molecule has 0 bridgehead atoms. The molecule has 0 saturated heterocycles. The summed E-state index contributed by atoms with van der Waals surface area (Å²) in [6.07, 6.45) is 2.36. The maximum atomic E-state index is 12.7. The van der Waals surface area contributed by atoms with E-state index in [9.17, 15) is 4.79 Å². The van der Waals surface area contributed by atoms with Crippen molar-refractivity contribution >= 4 is 0 Å². The average Bonchev–Trinajstić information content (AvgIpc) is 3.43. The summed E-state index contributed by atoms with van der Waals surface area (Å²) in [5.74, 6) is 8.19. The fraction of sp³-hybridized carbons (Fsp3) is 0.381. The fourth-order valence-electron chi connectivity index (χ4n) is 2.96. The number of aromatic nitrogens is 1. The highest BCUT2D eigenvalue weighted by Crippen LogP contribution is 2.31. The van der Waals surface area contributed by atoms with Crippen molar-refractivity contribution in [2.45, 2.75) is 32.7 Å². The Labute approximate surface area is 148 Å². The fourth-order valence-corrected chi connectivity index (χ4v) is 2.96. The summed E-state index contributed by atoms with van der Waals surface area (Å²) < 4.78 is 12.4. The molecule has 0 aliphatic heterocycles. The molecule has 0 N–H and O–H groups in total. The number of aryl methyl sites for hydroxylation is 1. The van der Waals surface area contributed by atoms with Crippen molar-refractivity contribution < 1.29 is 9.47 Å². The summed E-state index contributed by atoms with van der Waals surface area (Å²) in [4.78, 5) is 12.7. The van der Waals surface area contributed by atoms with Crippen LogP contribution in [0, 0.1) is 24.7 Å². The lowest BCUT2D eigenvalue weighted by Crippen LogP contribution is -2.25. The van der Waals surface area contributed by atoms with E-state index in [0.717, 1.165) is 16.8 Å². The predicted octanol–water partition coefficient (Wildman–Crippen LogP) is 3.54. The van der Waals surface area contributed by atoms with Crippen LogP contribution in [0.25, 0.3) is 0 Å². The van der Waals surface area contributed by atoms with Crippen LogP contribution in [0.4, 0.5) is 0 Å². The zero-order valence-electron chi connectivity index (χ0n) is 15.1. The Balaban J connectivity index is 1.95. The van der Waals surface area contributed by atoms with Crippen LogP contribution < -0.4 is 15.0 Å². The van der Waals surface area contributed by atoms with E-state index in [0.29, 0.717) is 17.4 Å². The minimum Gasteiger partial charge on any atom is -0.493 e. The van der Waals surface area contributed by atoms with Gasteiger partial charge in [-0.1, -0.05) is 17.9 Å². The van der Waals surface area contributed by atoms with Crippen LogP contribution in [-0.2, 0) is 0 Å². The van der Waals surface area contributed by atoms with E-state index in [2.05, 4.69) is 11.8 Å². The molecule has 1 fully saturated rings. The summed E-state index contributed by atoms with van der Waals surface area (Å²) >= 11 is 0. The van der Waals surface area contributed by atoms with Gasteiger partial charge in [0, 0.05) is 23.2 Å². The first-order chi connectivity index (χ1) is 12.0. The minimum absolute atomic E-state index is 0.0395. The molecule has 1 heterocycles. The molecule has 25 heavy (non-hydrogen) atoms. The summed E-state index contributed by atoms with van der Waals surface area (Å²) in [5, 5.41) is 0. The average molecular weight is 337 g/mol. The quantitative estimate of drug-likeness (QED) is 0.801. The molecular weight excluding hydrogens is 314 g/mol. The molecule has 1 unspecified atom stereocenters. The lowest BCUT2D eigenvalue weighted by molar-refractivity contribution is 0.354. The number of rotatable bonds is 4. The molecule has 3 rings (SSSR count). The Hall–Kier alpha value is -2.67. The Bertz CT molecular complexity index is 898. The summed E-state index contributed by atoms with van der Waals surface area (Å²) in [6, 6.07) is 9.22. The molecule has 1 aliphatic rings. The van der Waals surface area contributed by atoms with Gasteiger partial charge in [-0.25, -0.2) is 0 Å². The standard InChI is InChI=1S/C21H23NO3/c1-14-11-17(8-7-16-5-6-16)12-21(23)22(14)15(2)18-9-10-19(24-3)20(13-18)25-4/h9-13,15-16H,5-6H2,1-4H3.